The number of unbranched alkanes of at least 4 members (excludes halogenated alkanes) is 2. The Morgan fingerprint density at radius 2 is 1.00 bits per heavy atom. The van der Waals surface area contributed by atoms with Crippen LogP contribution in [0.25, 0.3) is 21.8 Å². The van der Waals surface area contributed by atoms with E-state index >= 15 is 0 Å². The van der Waals surface area contributed by atoms with E-state index in [1.54, 1.807) is 48.5 Å². The second-order valence-corrected chi connectivity index (χ2v) is 6.71. The van der Waals surface area contributed by atoms with Crippen LogP contribution in [0.1, 0.15) is 19.3 Å². The van der Waals surface area contributed by atoms with Crippen LogP contribution >= 0.6 is 0 Å². The first kappa shape index (κ1) is 18.7. The SMILES string of the molecule is O=c1oc(=O)n(CCCCCn2c(=O)oc(=O)c3ccccc32)c2ccccc12. The third kappa shape index (κ3) is 3.56. The van der Waals surface area contributed by atoms with Crippen molar-refractivity contribution in [2.45, 2.75) is 32.4 Å². The first-order valence-electron chi connectivity index (χ1n) is 9.31. The Bertz CT molecular complexity index is 1310. The standard InChI is InChI=1S/C21H18N2O6/c24-18-14-8-2-4-10-16(14)22(20(26)28-18)12-6-1-7-13-23-17-11-5-3-9-15(17)19(25)29-21(23)27/h2-5,8-11H,1,6-7,12-13H2. The topological polar surface area (TPSA) is 104 Å². The quantitative estimate of drug-likeness (QED) is 0.464. The lowest BCUT2D eigenvalue weighted by molar-refractivity contribution is 0.398. The molecule has 0 unspecified atom stereocenters. The average molecular weight is 394 g/mol. The minimum atomic E-state index is -0.680. The van der Waals surface area contributed by atoms with Crippen molar-refractivity contribution in [1.29, 1.82) is 0 Å². The molecular formula is C21H18N2O6. The lowest BCUT2D eigenvalue weighted by Gasteiger charge is -2.10. The summed E-state index contributed by atoms with van der Waals surface area (Å²) >= 11 is 0. The molecule has 4 aromatic rings. The largest absolute Gasteiger partial charge is 0.422 e. The summed E-state index contributed by atoms with van der Waals surface area (Å²) in [6, 6.07) is 13.6. The molecular weight excluding hydrogens is 376 g/mol. The normalized spacial score (nSPS) is 11.3. The Hall–Kier alpha value is -3.68. The molecule has 0 aliphatic rings. The fourth-order valence-electron chi connectivity index (χ4n) is 3.48. The monoisotopic (exact) mass is 394 g/mol. The molecule has 2 aromatic heterocycles. The molecule has 2 heterocycles. The van der Waals surface area contributed by atoms with Crippen molar-refractivity contribution in [1.82, 2.24) is 9.13 Å². The van der Waals surface area contributed by atoms with Crippen LogP contribution in [-0.4, -0.2) is 9.13 Å². The smallest absolute Gasteiger partial charge is 0.372 e. The first-order valence-corrected chi connectivity index (χ1v) is 9.31. The van der Waals surface area contributed by atoms with Crippen LogP contribution in [0.3, 0.4) is 0 Å². The second-order valence-electron chi connectivity index (χ2n) is 6.71. The number of benzene rings is 2. The summed E-state index contributed by atoms with van der Waals surface area (Å²) in [6.07, 6.45) is 2.03. The van der Waals surface area contributed by atoms with E-state index in [0.29, 0.717) is 47.7 Å². The van der Waals surface area contributed by atoms with Gasteiger partial charge < -0.3 is 8.83 Å². The van der Waals surface area contributed by atoms with Crippen LogP contribution in [0, 0.1) is 0 Å². The predicted molar refractivity (Wildman–Crippen MR) is 107 cm³/mol. The van der Waals surface area contributed by atoms with Crippen LogP contribution in [0.15, 0.2) is 76.5 Å². The average Bonchev–Trinajstić information content (AvgIpc) is 2.72. The molecule has 0 fully saturated rings. The van der Waals surface area contributed by atoms with E-state index < -0.39 is 22.8 Å². The Balaban J connectivity index is 1.47. The van der Waals surface area contributed by atoms with E-state index in [0.717, 1.165) is 6.42 Å². The number of nitrogens with zero attached hydrogens (tertiary/aromatic N) is 2. The maximum Gasteiger partial charge on any atom is 0.422 e. The van der Waals surface area contributed by atoms with Crippen molar-refractivity contribution in [2.24, 2.45) is 0 Å². The Labute approximate surface area is 163 Å². The fraction of sp³-hybridized carbons (Fsp3) is 0.238. The molecule has 8 nitrogen and oxygen atoms in total. The van der Waals surface area contributed by atoms with Gasteiger partial charge in [0.25, 0.3) is 0 Å². The van der Waals surface area contributed by atoms with Crippen LogP contribution in [0.4, 0.5) is 0 Å². The van der Waals surface area contributed by atoms with E-state index in [4.69, 9.17) is 8.83 Å². The van der Waals surface area contributed by atoms with Crippen molar-refractivity contribution < 1.29 is 8.83 Å². The molecule has 2 aromatic carbocycles. The zero-order valence-corrected chi connectivity index (χ0v) is 15.5. The summed E-state index contributed by atoms with van der Waals surface area (Å²) < 4.78 is 12.5. The highest BCUT2D eigenvalue weighted by Crippen LogP contribution is 2.11. The van der Waals surface area contributed by atoms with E-state index in [9.17, 15) is 19.2 Å². The van der Waals surface area contributed by atoms with Gasteiger partial charge in [0.05, 0.1) is 21.8 Å². The zero-order valence-electron chi connectivity index (χ0n) is 15.5. The molecule has 0 N–H and O–H groups in total. The maximum atomic E-state index is 12.1. The van der Waals surface area contributed by atoms with Gasteiger partial charge in [-0.2, -0.15) is 0 Å². The van der Waals surface area contributed by atoms with Gasteiger partial charge in [-0.15, -0.1) is 0 Å². The van der Waals surface area contributed by atoms with Crippen LogP contribution in [0.5, 0.6) is 0 Å². The maximum absolute atomic E-state index is 12.1. The number of fused-ring (bicyclic) bond motifs is 2. The van der Waals surface area contributed by atoms with Gasteiger partial charge in [-0.1, -0.05) is 24.3 Å². The van der Waals surface area contributed by atoms with E-state index in [2.05, 4.69) is 0 Å². The highest BCUT2D eigenvalue weighted by atomic mass is 16.4. The van der Waals surface area contributed by atoms with Crippen molar-refractivity contribution in [3.63, 3.8) is 0 Å². The van der Waals surface area contributed by atoms with Gasteiger partial charge in [-0.05, 0) is 43.5 Å². The van der Waals surface area contributed by atoms with Gasteiger partial charge in [-0.25, -0.2) is 19.2 Å². The third-order valence-corrected chi connectivity index (χ3v) is 4.89. The molecule has 148 valence electrons. The Morgan fingerprint density at radius 1 is 0.586 bits per heavy atom. The number of aryl methyl sites for hydroxylation is 2. The van der Waals surface area contributed by atoms with Gasteiger partial charge in [0.1, 0.15) is 0 Å². The molecule has 0 bridgehead atoms. The molecule has 29 heavy (non-hydrogen) atoms. The molecule has 0 saturated carbocycles. The van der Waals surface area contributed by atoms with E-state index in [-0.39, 0.29) is 0 Å². The minimum Gasteiger partial charge on any atom is -0.372 e. The Morgan fingerprint density at radius 3 is 1.45 bits per heavy atom. The summed E-state index contributed by atoms with van der Waals surface area (Å²) in [5.74, 6) is -1.36. The fourth-order valence-corrected chi connectivity index (χ4v) is 3.48. The summed E-state index contributed by atoms with van der Waals surface area (Å²) in [5.41, 5.74) is -0.195. The van der Waals surface area contributed by atoms with Crippen molar-refractivity contribution in [2.75, 3.05) is 0 Å². The molecule has 0 amide bonds. The van der Waals surface area contributed by atoms with E-state index in [1.807, 2.05) is 0 Å². The lowest BCUT2D eigenvalue weighted by atomic mass is 10.2. The second kappa shape index (κ2) is 7.75. The Kier molecular flexibility index (Phi) is 4.99. The summed E-state index contributed by atoms with van der Waals surface area (Å²) in [5, 5.41) is 0.730. The summed E-state index contributed by atoms with van der Waals surface area (Å²) in [6.45, 7) is 0.783. The van der Waals surface area contributed by atoms with Gasteiger partial charge in [-0.3, -0.25) is 9.13 Å². The molecule has 0 spiro atoms. The number of rotatable bonds is 6. The minimum absolute atomic E-state index is 0.365. The van der Waals surface area contributed by atoms with Gasteiger partial charge in [0.15, 0.2) is 0 Å². The summed E-state index contributed by atoms with van der Waals surface area (Å²) in [7, 11) is 0. The van der Waals surface area contributed by atoms with Crippen LogP contribution in [-0.2, 0) is 13.1 Å². The van der Waals surface area contributed by atoms with Gasteiger partial charge in [0, 0.05) is 13.1 Å². The van der Waals surface area contributed by atoms with E-state index in [1.165, 1.54) is 9.13 Å². The lowest BCUT2D eigenvalue weighted by Crippen LogP contribution is -2.26. The molecule has 8 heteroatoms. The number of hydrogen-bond donors (Lipinski definition) is 0. The third-order valence-electron chi connectivity index (χ3n) is 4.89. The highest BCUT2D eigenvalue weighted by molar-refractivity contribution is 5.77. The summed E-state index contributed by atoms with van der Waals surface area (Å²) in [4.78, 5) is 47.8. The molecule has 0 atom stereocenters. The first-order chi connectivity index (χ1) is 14.1. The van der Waals surface area contributed by atoms with Crippen LogP contribution < -0.4 is 22.8 Å². The van der Waals surface area contributed by atoms with Crippen molar-refractivity contribution in [3.05, 3.63) is 90.5 Å². The number of hydrogen-bond acceptors (Lipinski definition) is 6. The zero-order chi connectivity index (χ0) is 20.4. The molecule has 0 aliphatic carbocycles. The number of aromatic nitrogens is 2. The molecule has 0 saturated heterocycles. The molecule has 4 rings (SSSR count). The highest BCUT2D eigenvalue weighted by Gasteiger charge is 2.10. The van der Waals surface area contributed by atoms with Crippen molar-refractivity contribution in [3.8, 4) is 0 Å². The molecule has 0 aliphatic heterocycles. The van der Waals surface area contributed by atoms with Crippen molar-refractivity contribution >= 4 is 21.8 Å². The van der Waals surface area contributed by atoms with Gasteiger partial charge in [0.2, 0.25) is 0 Å². The number of para-hydroxylation sites is 2. The van der Waals surface area contributed by atoms with Crippen LogP contribution in [0.2, 0.25) is 0 Å². The predicted octanol–water partition coefficient (Wildman–Crippen LogP) is 2.09. The van der Waals surface area contributed by atoms with Gasteiger partial charge >= 0.3 is 22.8 Å². The molecule has 0 radical (unpaired) electrons.